The lowest BCUT2D eigenvalue weighted by Crippen LogP contribution is -2.60. The highest BCUT2D eigenvalue weighted by Gasteiger charge is 2.53. The second-order valence-corrected chi connectivity index (χ2v) is 21.4. The summed E-state index contributed by atoms with van der Waals surface area (Å²) in [7, 11) is 4.66. The van der Waals surface area contributed by atoms with Gasteiger partial charge in [-0.3, -0.25) is 9.69 Å². The summed E-state index contributed by atoms with van der Waals surface area (Å²) in [5.74, 6) is 3.31. The van der Waals surface area contributed by atoms with Crippen LogP contribution in [0.15, 0.2) is 72.4 Å². The molecule has 3 atom stereocenters. The van der Waals surface area contributed by atoms with Crippen molar-refractivity contribution in [3.05, 3.63) is 117 Å². The maximum absolute atomic E-state index is 15.1. The first kappa shape index (κ1) is 39.5. The Kier molecular flexibility index (Phi) is 10.8. The van der Waals surface area contributed by atoms with Crippen molar-refractivity contribution in [3.8, 4) is 28.7 Å². The van der Waals surface area contributed by atoms with Gasteiger partial charge in [0.25, 0.3) is 8.32 Å². The molecule has 0 saturated carbocycles. The molecule has 7 rings (SSSR count). The predicted octanol–water partition coefficient (Wildman–Crippen LogP) is 9.34. The maximum atomic E-state index is 15.1. The van der Waals surface area contributed by atoms with Crippen LogP contribution in [-0.4, -0.2) is 65.1 Å². The molecular formula is C46H56N2O7Si. The van der Waals surface area contributed by atoms with Gasteiger partial charge in [-0.05, 0) is 73.8 Å². The first-order valence-electron chi connectivity index (χ1n) is 19.4. The van der Waals surface area contributed by atoms with E-state index >= 15 is 4.79 Å². The zero-order chi connectivity index (χ0) is 40.1. The minimum atomic E-state index is -2.40. The molecule has 3 aliphatic rings. The molecule has 0 unspecified atom stereocenters. The maximum Gasteiger partial charge on any atom is 0.250 e. The van der Waals surface area contributed by atoms with Crippen molar-refractivity contribution in [2.24, 2.45) is 0 Å². The Morgan fingerprint density at radius 2 is 1.39 bits per heavy atom. The van der Waals surface area contributed by atoms with Crippen LogP contribution >= 0.6 is 0 Å². The summed E-state index contributed by atoms with van der Waals surface area (Å²) in [6, 6.07) is 21.1. The van der Waals surface area contributed by atoms with Crippen LogP contribution < -0.4 is 23.4 Å². The van der Waals surface area contributed by atoms with Gasteiger partial charge in [-0.2, -0.15) is 0 Å². The molecule has 9 nitrogen and oxygen atoms in total. The van der Waals surface area contributed by atoms with E-state index in [1.165, 1.54) is 0 Å². The number of nitrogens with zero attached hydrogens (tertiary/aromatic N) is 2. The fraction of sp³-hybridized carbons (Fsp3) is 0.413. The molecule has 2 bridgehead atoms. The molecule has 0 aliphatic carbocycles. The molecule has 0 radical (unpaired) electrons. The summed E-state index contributed by atoms with van der Waals surface area (Å²) in [6.45, 7) is 16.3. The summed E-state index contributed by atoms with van der Waals surface area (Å²) >= 11 is 0. The Balaban J connectivity index is 1.48. The molecule has 3 heterocycles. The zero-order valence-electron chi connectivity index (χ0n) is 34.7. The SMILES string of the molecule is COc1c(C)cc2c(c1OCc1ccccc1)[C@@H]1C3=Cc4c(O[Si](C)(C)C(C)(C)C)c(C)c(OC)c(OC)c4[C@H](COCc4ccccc4)N3C(=O)[C@H](C2)N1C. The number of rotatable bonds is 12. The quantitative estimate of drug-likeness (QED) is 0.132. The zero-order valence-corrected chi connectivity index (χ0v) is 35.7. The number of piperazine rings is 1. The van der Waals surface area contributed by atoms with Crippen LogP contribution in [0.2, 0.25) is 18.1 Å². The Bertz CT molecular complexity index is 2140. The lowest BCUT2D eigenvalue weighted by molar-refractivity contribution is -0.145. The fourth-order valence-corrected chi connectivity index (χ4v) is 9.38. The molecule has 0 aromatic heterocycles. The summed E-state index contributed by atoms with van der Waals surface area (Å²) in [4.78, 5) is 19.3. The average molecular weight is 777 g/mol. The van der Waals surface area contributed by atoms with Crippen molar-refractivity contribution in [1.29, 1.82) is 0 Å². The van der Waals surface area contributed by atoms with Gasteiger partial charge in [0.2, 0.25) is 5.91 Å². The number of likely N-dealkylation sites (N-methyl/N-ethyl adjacent to an activating group) is 1. The van der Waals surface area contributed by atoms with Crippen LogP contribution in [-0.2, 0) is 29.2 Å². The third kappa shape index (κ3) is 6.75. The number of hydrogen-bond acceptors (Lipinski definition) is 8. The highest BCUT2D eigenvalue weighted by molar-refractivity contribution is 6.74. The van der Waals surface area contributed by atoms with Gasteiger partial charge in [-0.25, -0.2) is 0 Å². The molecule has 296 valence electrons. The van der Waals surface area contributed by atoms with Gasteiger partial charge >= 0.3 is 0 Å². The number of fused-ring (bicyclic) bond motifs is 7. The molecule has 1 amide bonds. The van der Waals surface area contributed by atoms with Crippen LogP contribution in [0.5, 0.6) is 28.7 Å². The van der Waals surface area contributed by atoms with Crippen LogP contribution in [0, 0.1) is 13.8 Å². The molecular weight excluding hydrogens is 721 g/mol. The number of benzene rings is 4. The van der Waals surface area contributed by atoms with E-state index in [1.807, 2.05) is 74.3 Å². The van der Waals surface area contributed by atoms with Crippen molar-refractivity contribution >= 4 is 20.3 Å². The summed E-state index contributed by atoms with van der Waals surface area (Å²) < 4.78 is 39.1. The molecule has 4 aromatic carbocycles. The number of amides is 1. The molecule has 0 N–H and O–H groups in total. The molecule has 3 aliphatic heterocycles. The number of methoxy groups -OCH3 is 3. The minimum absolute atomic E-state index is 0.00768. The number of carbonyl (C=O) groups is 1. The highest BCUT2D eigenvalue weighted by Crippen LogP contribution is 2.58. The standard InChI is InChI=1S/C46H56N2O7Si/c1-28-22-32-23-35-45(49)48-34(39(47(35)6)37(32)44(40(28)50-7)54-26-31-20-16-13-17-21-31)24-33-38(36(48)27-53-25-30-18-14-12-15-19-30)43(52-9)42(51-8)29(2)41(33)55-56(10,11)46(3,4)5/h12-22,24,35-36,39H,23,25-27H2,1-11H3/t35-,36-,39-/m0/s1. The summed E-state index contributed by atoms with van der Waals surface area (Å²) in [6.07, 6.45) is 2.67. The molecule has 10 heteroatoms. The van der Waals surface area contributed by atoms with Crippen molar-refractivity contribution in [2.75, 3.05) is 35.0 Å². The topological polar surface area (TPSA) is 78.9 Å². The number of hydrogen-bond donors (Lipinski definition) is 0. The van der Waals surface area contributed by atoms with Crippen molar-refractivity contribution in [3.63, 3.8) is 0 Å². The van der Waals surface area contributed by atoms with E-state index in [-0.39, 0.29) is 23.6 Å². The number of ether oxygens (including phenoxy) is 5. The van der Waals surface area contributed by atoms with Gasteiger partial charge in [0.1, 0.15) is 12.4 Å². The van der Waals surface area contributed by atoms with E-state index in [1.54, 1.807) is 21.3 Å². The van der Waals surface area contributed by atoms with E-state index in [2.05, 4.69) is 63.0 Å². The molecule has 0 spiro atoms. The van der Waals surface area contributed by atoms with Crippen molar-refractivity contribution in [1.82, 2.24) is 9.80 Å². The summed E-state index contributed by atoms with van der Waals surface area (Å²) in [5, 5.41) is -0.0819. The molecule has 56 heavy (non-hydrogen) atoms. The Morgan fingerprint density at radius 1 is 0.786 bits per heavy atom. The smallest absolute Gasteiger partial charge is 0.250 e. The van der Waals surface area contributed by atoms with Gasteiger partial charge in [-0.15, -0.1) is 0 Å². The first-order chi connectivity index (χ1) is 26.7. The van der Waals surface area contributed by atoms with E-state index < -0.39 is 20.4 Å². The second-order valence-electron chi connectivity index (χ2n) is 16.7. The second kappa shape index (κ2) is 15.3. The van der Waals surface area contributed by atoms with Crippen LogP contribution in [0.1, 0.15) is 77.4 Å². The Labute approximate surface area is 333 Å². The molecule has 4 aromatic rings. The largest absolute Gasteiger partial charge is 0.543 e. The minimum Gasteiger partial charge on any atom is -0.543 e. The normalized spacial score (nSPS) is 19.1. The monoisotopic (exact) mass is 776 g/mol. The van der Waals surface area contributed by atoms with E-state index in [0.29, 0.717) is 42.6 Å². The average Bonchev–Trinajstić information content (AvgIpc) is 3.17. The van der Waals surface area contributed by atoms with E-state index in [0.717, 1.165) is 56.0 Å². The lowest BCUT2D eigenvalue weighted by atomic mass is 9.78. The van der Waals surface area contributed by atoms with E-state index in [4.69, 9.17) is 28.1 Å². The third-order valence-corrected chi connectivity index (χ3v) is 16.5. The van der Waals surface area contributed by atoms with Gasteiger partial charge in [0, 0.05) is 28.0 Å². The van der Waals surface area contributed by atoms with Gasteiger partial charge in [0.05, 0.1) is 52.7 Å². The van der Waals surface area contributed by atoms with Crippen LogP contribution in [0.4, 0.5) is 0 Å². The fourth-order valence-electron chi connectivity index (χ4n) is 8.30. The van der Waals surface area contributed by atoms with Crippen molar-refractivity contribution in [2.45, 2.75) is 90.5 Å². The molecule has 1 fully saturated rings. The Morgan fingerprint density at radius 3 is 1.98 bits per heavy atom. The number of carbonyl (C=O) groups excluding carboxylic acids is 1. The predicted molar refractivity (Wildman–Crippen MR) is 222 cm³/mol. The van der Waals surface area contributed by atoms with Crippen LogP contribution in [0.25, 0.3) is 6.08 Å². The lowest BCUT2D eigenvalue weighted by Gasteiger charge is -2.53. The summed E-state index contributed by atoms with van der Waals surface area (Å²) in [5.41, 5.74) is 8.53. The van der Waals surface area contributed by atoms with Gasteiger partial charge < -0.3 is 33.0 Å². The number of aryl methyl sites for hydroxylation is 1. The third-order valence-electron chi connectivity index (χ3n) is 12.2. The van der Waals surface area contributed by atoms with Crippen molar-refractivity contribution < 1.29 is 32.9 Å². The highest BCUT2D eigenvalue weighted by atomic mass is 28.4. The first-order valence-corrected chi connectivity index (χ1v) is 22.4. The Hall–Kier alpha value is -4.77. The van der Waals surface area contributed by atoms with Gasteiger partial charge in [-0.1, -0.05) is 87.5 Å². The van der Waals surface area contributed by atoms with E-state index in [9.17, 15) is 0 Å². The molecule has 1 saturated heterocycles. The van der Waals surface area contributed by atoms with Gasteiger partial charge in [0.15, 0.2) is 23.0 Å². The van der Waals surface area contributed by atoms with Crippen LogP contribution in [0.3, 0.4) is 0 Å².